The number of hydrogen-bond acceptors (Lipinski definition) is 3. The summed E-state index contributed by atoms with van der Waals surface area (Å²) in [5.74, 6) is 0.869. The molecule has 0 saturated heterocycles. The molecule has 0 N–H and O–H groups in total. The lowest BCUT2D eigenvalue weighted by Gasteiger charge is -2.02. The van der Waals surface area contributed by atoms with Crippen molar-refractivity contribution in [2.75, 3.05) is 0 Å². The number of imidazole rings is 1. The first-order valence-corrected chi connectivity index (χ1v) is 4.98. The van der Waals surface area contributed by atoms with Crippen LogP contribution in [0.5, 0.6) is 0 Å². The van der Waals surface area contributed by atoms with E-state index in [9.17, 15) is 5.21 Å². The van der Waals surface area contributed by atoms with Crippen LogP contribution in [0.4, 0.5) is 0 Å². The maximum Gasteiger partial charge on any atom is 0.244 e. The van der Waals surface area contributed by atoms with Crippen LogP contribution in [0.15, 0.2) is 24.5 Å². The molecule has 0 bridgehead atoms. The second kappa shape index (κ2) is 2.91. The minimum atomic E-state index is 0.568. The van der Waals surface area contributed by atoms with Gasteiger partial charge in [-0.25, -0.2) is 9.97 Å². The molecule has 0 aliphatic rings. The summed E-state index contributed by atoms with van der Waals surface area (Å²) in [5.41, 5.74) is 2.84. The molecule has 0 aromatic carbocycles. The molecule has 3 heterocycles. The molecule has 0 radical (unpaired) electrons. The van der Waals surface area contributed by atoms with Crippen LogP contribution in [0.2, 0.25) is 0 Å². The zero-order valence-electron chi connectivity index (χ0n) is 9.01. The van der Waals surface area contributed by atoms with Crippen LogP contribution in [0.3, 0.4) is 0 Å². The zero-order valence-corrected chi connectivity index (χ0v) is 9.01. The maximum absolute atomic E-state index is 11.7. The van der Waals surface area contributed by atoms with Gasteiger partial charge in [0.2, 0.25) is 11.7 Å². The number of rotatable bonds is 0. The van der Waals surface area contributed by atoms with Crippen molar-refractivity contribution in [1.82, 2.24) is 14.5 Å². The molecule has 0 saturated carbocycles. The van der Waals surface area contributed by atoms with Gasteiger partial charge in [-0.05, 0) is 13.0 Å². The van der Waals surface area contributed by atoms with E-state index in [1.165, 1.54) is 6.20 Å². The Morgan fingerprint density at radius 3 is 3.06 bits per heavy atom. The second-order valence-corrected chi connectivity index (χ2v) is 3.78. The maximum atomic E-state index is 11.7. The summed E-state index contributed by atoms with van der Waals surface area (Å²) in [7, 11) is 1.92. The largest absolute Gasteiger partial charge is 0.618 e. The summed E-state index contributed by atoms with van der Waals surface area (Å²) < 4.78 is 2.77. The highest BCUT2D eigenvalue weighted by Crippen LogP contribution is 2.20. The first-order chi connectivity index (χ1) is 7.68. The summed E-state index contributed by atoms with van der Waals surface area (Å²) in [5, 5.41) is 11.7. The van der Waals surface area contributed by atoms with Gasteiger partial charge in [0, 0.05) is 19.3 Å². The van der Waals surface area contributed by atoms with E-state index in [0.29, 0.717) is 16.6 Å². The Hall–Kier alpha value is -2.17. The summed E-state index contributed by atoms with van der Waals surface area (Å²) in [6, 6.07) is 3.52. The van der Waals surface area contributed by atoms with E-state index in [1.54, 1.807) is 18.3 Å². The Morgan fingerprint density at radius 2 is 2.25 bits per heavy atom. The van der Waals surface area contributed by atoms with Gasteiger partial charge < -0.3 is 9.77 Å². The number of aromatic nitrogens is 4. The highest BCUT2D eigenvalue weighted by molar-refractivity contribution is 5.97. The molecule has 0 amide bonds. The highest BCUT2D eigenvalue weighted by atomic mass is 16.5. The van der Waals surface area contributed by atoms with Crippen LogP contribution in [-0.2, 0) is 7.05 Å². The van der Waals surface area contributed by atoms with E-state index in [2.05, 4.69) is 9.97 Å². The molecule has 0 aliphatic heterocycles. The van der Waals surface area contributed by atoms with Crippen molar-refractivity contribution in [2.24, 2.45) is 7.05 Å². The first-order valence-electron chi connectivity index (χ1n) is 4.98. The van der Waals surface area contributed by atoms with E-state index in [4.69, 9.17) is 0 Å². The van der Waals surface area contributed by atoms with E-state index in [1.807, 2.05) is 18.5 Å². The van der Waals surface area contributed by atoms with Crippen molar-refractivity contribution >= 4 is 22.1 Å². The van der Waals surface area contributed by atoms with Gasteiger partial charge in [0.1, 0.15) is 11.3 Å². The topological polar surface area (TPSA) is 57.6 Å². The van der Waals surface area contributed by atoms with E-state index in [-0.39, 0.29) is 0 Å². The lowest BCUT2D eigenvalue weighted by Crippen LogP contribution is -2.26. The van der Waals surface area contributed by atoms with Crippen molar-refractivity contribution in [1.29, 1.82) is 0 Å². The Balaban J connectivity index is 2.66. The van der Waals surface area contributed by atoms with Crippen molar-refractivity contribution in [3.63, 3.8) is 0 Å². The van der Waals surface area contributed by atoms with Gasteiger partial charge in [-0.2, -0.15) is 4.73 Å². The number of fused-ring (bicyclic) bond motifs is 3. The van der Waals surface area contributed by atoms with E-state index < -0.39 is 0 Å². The third kappa shape index (κ3) is 1.02. The molecule has 80 valence electrons. The van der Waals surface area contributed by atoms with Crippen LogP contribution in [0.1, 0.15) is 5.82 Å². The van der Waals surface area contributed by atoms with Crippen molar-refractivity contribution in [3.8, 4) is 0 Å². The number of hydrogen-bond donors (Lipinski definition) is 0. The Labute approximate surface area is 91.6 Å². The summed E-state index contributed by atoms with van der Waals surface area (Å²) in [6.45, 7) is 1.91. The van der Waals surface area contributed by atoms with Gasteiger partial charge in [0.05, 0.1) is 0 Å². The molecular formula is C11H10N4O. The zero-order chi connectivity index (χ0) is 11.3. The molecule has 16 heavy (non-hydrogen) atoms. The third-order valence-electron chi connectivity index (χ3n) is 2.83. The Kier molecular flexibility index (Phi) is 1.65. The quantitative estimate of drug-likeness (QED) is 0.415. The standard InChI is InChI=1S/C11H10N4O/c1-7-13-8-6-15(16)9-4-3-5-12-10(9)11(8)14(7)2/h3-6H,1-2H3. The predicted molar refractivity (Wildman–Crippen MR) is 59.7 cm³/mol. The Morgan fingerprint density at radius 1 is 1.44 bits per heavy atom. The SMILES string of the molecule is Cc1nc2c[n+]([O-])c3cccnc3c2n1C. The lowest BCUT2D eigenvalue weighted by atomic mass is 10.3. The average molecular weight is 214 g/mol. The molecule has 3 aromatic heterocycles. The molecule has 0 atom stereocenters. The molecule has 0 aliphatic carbocycles. The smallest absolute Gasteiger partial charge is 0.244 e. The van der Waals surface area contributed by atoms with Crippen LogP contribution < -0.4 is 4.73 Å². The first kappa shape index (κ1) is 9.08. The number of pyridine rings is 2. The molecule has 5 nitrogen and oxygen atoms in total. The van der Waals surface area contributed by atoms with Gasteiger partial charge in [0.25, 0.3) is 0 Å². The fraction of sp³-hybridized carbons (Fsp3) is 0.182. The van der Waals surface area contributed by atoms with Gasteiger partial charge in [-0.1, -0.05) is 0 Å². The molecule has 5 heteroatoms. The van der Waals surface area contributed by atoms with Crippen molar-refractivity contribution < 1.29 is 4.73 Å². The van der Waals surface area contributed by atoms with Crippen molar-refractivity contribution in [3.05, 3.63) is 35.6 Å². The fourth-order valence-electron chi connectivity index (χ4n) is 1.94. The summed E-state index contributed by atoms with van der Waals surface area (Å²) in [4.78, 5) is 8.59. The minimum absolute atomic E-state index is 0.568. The summed E-state index contributed by atoms with van der Waals surface area (Å²) >= 11 is 0. The van der Waals surface area contributed by atoms with Gasteiger partial charge >= 0.3 is 0 Å². The van der Waals surface area contributed by atoms with E-state index >= 15 is 0 Å². The van der Waals surface area contributed by atoms with Crippen molar-refractivity contribution in [2.45, 2.75) is 6.92 Å². The van der Waals surface area contributed by atoms with Crippen LogP contribution in [0.25, 0.3) is 22.1 Å². The summed E-state index contributed by atoms with van der Waals surface area (Å²) in [6.07, 6.45) is 3.18. The molecule has 3 rings (SSSR count). The van der Waals surface area contributed by atoms with Crippen LogP contribution in [-0.4, -0.2) is 14.5 Å². The predicted octanol–water partition coefficient (Wildman–Crippen LogP) is 1.06. The van der Waals surface area contributed by atoms with Gasteiger partial charge in [0.15, 0.2) is 11.0 Å². The third-order valence-corrected chi connectivity index (χ3v) is 2.83. The highest BCUT2D eigenvalue weighted by Gasteiger charge is 2.15. The molecule has 3 aromatic rings. The molecule has 0 fully saturated rings. The molecule has 0 spiro atoms. The number of nitrogens with zero attached hydrogens (tertiary/aromatic N) is 4. The van der Waals surface area contributed by atoms with E-state index in [0.717, 1.165) is 16.1 Å². The second-order valence-electron chi connectivity index (χ2n) is 3.78. The van der Waals surface area contributed by atoms with Gasteiger partial charge in [-0.15, -0.1) is 0 Å². The fourth-order valence-corrected chi connectivity index (χ4v) is 1.94. The average Bonchev–Trinajstić information content (AvgIpc) is 2.55. The number of aryl methyl sites for hydroxylation is 2. The minimum Gasteiger partial charge on any atom is -0.618 e. The molecular weight excluding hydrogens is 204 g/mol. The Bertz CT molecular complexity index is 702. The van der Waals surface area contributed by atoms with Crippen LogP contribution in [0, 0.1) is 12.1 Å². The molecule has 0 unspecified atom stereocenters. The lowest BCUT2D eigenvalue weighted by molar-refractivity contribution is -0.575. The van der Waals surface area contributed by atoms with Crippen LogP contribution >= 0.6 is 0 Å². The normalized spacial score (nSPS) is 11.4. The van der Waals surface area contributed by atoms with Gasteiger partial charge in [-0.3, -0.25) is 0 Å². The monoisotopic (exact) mass is 214 g/mol.